The molecule has 1 aliphatic carbocycles. The summed E-state index contributed by atoms with van der Waals surface area (Å²) in [6, 6.07) is 6.49. The fraction of sp³-hybridized carbons (Fsp3) is 0.385. The van der Waals surface area contributed by atoms with Crippen LogP contribution < -0.4 is 5.49 Å². The van der Waals surface area contributed by atoms with Gasteiger partial charge in [0.2, 0.25) is 0 Å². The number of aromatic nitrogens is 3. The first-order valence-electron chi connectivity index (χ1n) is 6.92. The molecule has 1 saturated carbocycles. The van der Waals surface area contributed by atoms with Crippen molar-refractivity contribution in [2.45, 2.75) is 31.7 Å². The summed E-state index contributed by atoms with van der Waals surface area (Å²) in [5.41, 5.74) is 0.267. The zero-order valence-corrected chi connectivity index (χ0v) is 12.3. The smallest absolute Gasteiger partial charge is 0.409 e. The van der Waals surface area contributed by atoms with E-state index in [4.69, 9.17) is 11.6 Å². The third kappa shape index (κ3) is 2.69. The van der Waals surface area contributed by atoms with Crippen molar-refractivity contribution in [3.8, 4) is 5.69 Å². The van der Waals surface area contributed by atoms with Crippen LogP contribution in [0.4, 0.5) is 5.82 Å². The molecule has 116 valence electrons. The largest absolute Gasteiger partial charge is 0.438 e. The van der Waals surface area contributed by atoms with Gasteiger partial charge in [-0.1, -0.05) is 35.4 Å². The van der Waals surface area contributed by atoms with Crippen LogP contribution in [0.15, 0.2) is 29.3 Å². The monoisotopic (exact) mass is 323 g/mol. The summed E-state index contributed by atoms with van der Waals surface area (Å²) in [7, 11) is 0. The number of rotatable bonds is 3. The van der Waals surface area contributed by atoms with E-state index in [1.807, 2.05) is 0 Å². The minimum absolute atomic E-state index is 0.0193. The molecule has 1 aliphatic rings. The lowest BCUT2D eigenvalue weighted by atomic mass is 10.3. The molecular formula is C13H14ClN5O3. The van der Waals surface area contributed by atoms with Crippen molar-refractivity contribution in [2.24, 2.45) is 4.99 Å². The van der Waals surface area contributed by atoms with Crippen LogP contribution in [-0.2, 0) is 0 Å². The quantitative estimate of drug-likeness (QED) is 0.532. The lowest BCUT2D eigenvalue weighted by molar-refractivity contribution is -0.391. The summed E-state index contributed by atoms with van der Waals surface area (Å²) >= 11 is 5.90. The Bertz CT molecular complexity index is 776. The van der Waals surface area contributed by atoms with Gasteiger partial charge in [-0.15, -0.1) is 0 Å². The Labute approximate surface area is 130 Å². The second-order valence-corrected chi connectivity index (χ2v) is 5.57. The standard InChI is InChI=1S/C13H14ClN5O3/c14-9-4-3-7-11(8-9)17-16-13(19(21)22)12(18(17)20)15-10-5-1-2-6-10/h3-4,7-8,10,20H,1-2,5-6H2. The van der Waals surface area contributed by atoms with E-state index in [0.29, 0.717) is 15.6 Å². The molecule has 9 heteroatoms. The Hall–Kier alpha value is -2.35. The summed E-state index contributed by atoms with van der Waals surface area (Å²) in [4.78, 5) is 16.4. The molecule has 1 fully saturated rings. The van der Waals surface area contributed by atoms with Crippen LogP contribution >= 0.6 is 11.6 Å². The van der Waals surface area contributed by atoms with Gasteiger partial charge in [0.25, 0.3) is 5.49 Å². The van der Waals surface area contributed by atoms with Crippen LogP contribution in [0.25, 0.3) is 5.69 Å². The first-order valence-corrected chi connectivity index (χ1v) is 7.30. The van der Waals surface area contributed by atoms with Crippen molar-refractivity contribution in [3.05, 3.63) is 44.9 Å². The third-order valence-corrected chi connectivity index (χ3v) is 3.84. The van der Waals surface area contributed by atoms with Crippen LogP contribution in [-0.4, -0.2) is 30.9 Å². The van der Waals surface area contributed by atoms with Crippen molar-refractivity contribution < 1.29 is 10.1 Å². The van der Waals surface area contributed by atoms with Gasteiger partial charge in [-0.05, 0) is 40.8 Å². The fourth-order valence-corrected chi connectivity index (χ4v) is 2.74. The molecule has 3 rings (SSSR count). The zero-order valence-electron chi connectivity index (χ0n) is 11.6. The van der Waals surface area contributed by atoms with E-state index >= 15 is 0 Å². The van der Waals surface area contributed by atoms with E-state index in [0.717, 1.165) is 30.5 Å². The second kappa shape index (κ2) is 5.80. The average Bonchev–Trinajstić information content (AvgIpc) is 3.09. The highest BCUT2D eigenvalue weighted by atomic mass is 35.5. The van der Waals surface area contributed by atoms with Gasteiger partial charge >= 0.3 is 5.82 Å². The topological polar surface area (TPSA) is 98.5 Å². The van der Waals surface area contributed by atoms with Gasteiger partial charge < -0.3 is 15.3 Å². The number of halogens is 1. The Morgan fingerprint density at radius 1 is 1.41 bits per heavy atom. The number of benzene rings is 1. The highest BCUT2D eigenvalue weighted by Gasteiger charge is 2.26. The number of nitro groups is 1. The third-order valence-electron chi connectivity index (χ3n) is 3.60. The maximum absolute atomic E-state index is 11.2. The lowest BCUT2D eigenvalue weighted by Gasteiger charge is -2.01. The van der Waals surface area contributed by atoms with Gasteiger partial charge in [-0.3, -0.25) is 4.99 Å². The molecule has 0 atom stereocenters. The molecule has 0 saturated heterocycles. The fourth-order valence-electron chi connectivity index (χ4n) is 2.56. The predicted molar refractivity (Wildman–Crippen MR) is 78.2 cm³/mol. The Balaban J connectivity index is 2.15. The van der Waals surface area contributed by atoms with Crippen LogP contribution in [0.2, 0.25) is 5.02 Å². The summed E-state index contributed by atoms with van der Waals surface area (Å²) in [5, 5.41) is 25.7. The molecule has 22 heavy (non-hydrogen) atoms. The van der Waals surface area contributed by atoms with Gasteiger partial charge in [0.1, 0.15) is 5.69 Å². The van der Waals surface area contributed by atoms with E-state index in [1.54, 1.807) is 24.3 Å². The van der Waals surface area contributed by atoms with Gasteiger partial charge in [0, 0.05) is 5.02 Å². The molecule has 1 heterocycles. The van der Waals surface area contributed by atoms with E-state index in [1.165, 1.54) is 0 Å². The maximum Gasteiger partial charge on any atom is 0.438 e. The van der Waals surface area contributed by atoms with Crippen LogP contribution in [0, 0.1) is 10.1 Å². The summed E-state index contributed by atoms with van der Waals surface area (Å²) in [5.74, 6) is -0.477. The first kappa shape index (κ1) is 14.6. The molecule has 0 spiro atoms. The molecule has 0 aliphatic heterocycles. The van der Waals surface area contributed by atoms with Gasteiger partial charge in [0.05, 0.1) is 11.1 Å². The summed E-state index contributed by atoms with van der Waals surface area (Å²) in [6.45, 7) is 0. The Kier molecular flexibility index (Phi) is 3.84. The Morgan fingerprint density at radius 3 is 2.77 bits per heavy atom. The lowest BCUT2D eigenvalue weighted by Crippen LogP contribution is -2.24. The van der Waals surface area contributed by atoms with Gasteiger partial charge in [-0.25, -0.2) is 0 Å². The average molecular weight is 324 g/mol. The SMILES string of the molecule is O=[N+]([O-])c1nn(-c2cccc(Cl)c2)n(O)c1=NC1CCCC1. The first-order chi connectivity index (χ1) is 10.6. The zero-order chi connectivity index (χ0) is 15.7. The van der Waals surface area contributed by atoms with Crippen LogP contribution in [0.5, 0.6) is 0 Å². The van der Waals surface area contributed by atoms with Crippen LogP contribution in [0.3, 0.4) is 0 Å². The van der Waals surface area contributed by atoms with E-state index in [2.05, 4.69) is 10.1 Å². The van der Waals surface area contributed by atoms with E-state index in [-0.39, 0.29) is 11.5 Å². The summed E-state index contributed by atoms with van der Waals surface area (Å²) < 4.78 is 0. The molecule has 0 unspecified atom stereocenters. The van der Waals surface area contributed by atoms with E-state index < -0.39 is 10.7 Å². The van der Waals surface area contributed by atoms with Crippen molar-refractivity contribution in [1.82, 2.24) is 14.7 Å². The number of hydrogen-bond acceptors (Lipinski definition) is 5. The van der Waals surface area contributed by atoms with Crippen molar-refractivity contribution >= 4 is 17.4 Å². The van der Waals surface area contributed by atoms with Crippen molar-refractivity contribution in [1.29, 1.82) is 0 Å². The Morgan fingerprint density at radius 2 is 2.14 bits per heavy atom. The minimum Gasteiger partial charge on any atom is -0.409 e. The number of nitrogens with zero attached hydrogens (tertiary/aromatic N) is 5. The molecule has 2 aromatic rings. The molecule has 0 bridgehead atoms. The summed E-state index contributed by atoms with van der Waals surface area (Å²) in [6.07, 6.45) is 3.80. The normalized spacial score (nSPS) is 16.3. The molecule has 0 amide bonds. The second-order valence-electron chi connectivity index (χ2n) is 5.13. The molecule has 0 radical (unpaired) electrons. The molecule has 1 aromatic heterocycles. The van der Waals surface area contributed by atoms with E-state index in [9.17, 15) is 15.3 Å². The molecule has 8 nitrogen and oxygen atoms in total. The predicted octanol–water partition coefficient (Wildman–Crippen LogP) is 2.32. The van der Waals surface area contributed by atoms with Crippen LogP contribution in [0.1, 0.15) is 25.7 Å². The van der Waals surface area contributed by atoms with Gasteiger partial charge in [0.15, 0.2) is 0 Å². The number of hydrogen-bond donors (Lipinski definition) is 1. The molecule has 1 aromatic carbocycles. The highest BCUT2D eigenvalue weighted by Crippen LogP contribution is 2.21. The highest BCUT2D eigenvalue weighted by molar-refractivity contribution is 6.30. The minimum atomic E-state index is -0.651. The van der Waals surface area contributed by atoms with Crippen molar-refractivity contribution in [2.75, 3.05) is 0 Å². The molecule has 1 N–H and O–H groups in total. The maximum atomic E-state index is 11.2. The van der Waals surface area contributed by atoms with Crippen molar-refractivity contribution in [3.63, 3.8) is 0 Å². The molecular weight excluding hydrogens is 310 g/mol. The van der Waals surface area contributed by atoms with Gasteiger partial charge in [-0.2, -0.15) is 0 Å².